The SMILES string of the molecule is O=C(On1ccc2cnc3ccccc3c21)C(F)(F)F. The second kappa shape index (κ2) is 4.22. The van der Waals surface area contributed by atoms with Crippen molar-refractivity contribution in [3.63, 3.8) is 0 Å². The highest BCUT2D eigenvalue weighted by molar-refractivity contribution is 6.03. The lowest BCUT2D eigenvalue weighted by Crippen LogP contribution is -2.32. The summed E-state index contributed by atoms with van der Waals surface area (Å²) in [5, 5.41) is 1.18. The molecule has 3 aromatic rings. The smallest absolute Gasteiger partial charge is 0.328 e. The number of carbonyl (C=O) groups excluding carboxylic acids is 1. The Balaban J connectivity index is 2.17. The predicted octanol–water partition coefficient (Wildman–Crippen LogP) is 2.71. The van der Waals surface area contributed by atoms with E-state index in [1.54, 1.807) is 24.3 Å². The third kappa shape index (κ3) is 1.97. The molecular weight excluding hydrogens is 273 g/mol. The number of halogens is 3. The summed E-state index contributed by atoms with van der Waals surface area (Å²) in [6.07, 6.45) is -2.28. The van der Waals surface area contributed by atoms with Crippen LogP contribution in [-0.4, -0.2) is 21.9 Å². The van der Waals surface area contributed by atoms with Crippen molar-refractivity contribution in [1.29, 1.82) is 0 Å². The quantitative estimate of drug-likeness (QED) is 0.688. The summed E-state index contributed by atoms with van der Waals surface area (Å²) >= 11 is 0. The lowest BCUT2D eigenvalue weighted by atomic mass is 10.2. The lowest BCUT2D eigenvalue weighted by molar-refractivity contribution is -0.199. The van der Waals surface area contributed by atoms with Gasteiger partial charge < -0.3 is 4.84 Å². The van der Waals surface area contributed by atoms with Gasteiger partial charge >= 0.3 is 12.1 Å². The molecule has 3 rings (SSSR count). The van der Waals surface area contributed by atoms with Crippen molar-refractivity contribution in [3.05, 3.63) is 42.7 Å². The third-order valence-electron chi connectivity index (χ3n) is 2.80. The maximum absolute atomic E-state index is 12.3. The summed E-state index contributed by atoms with van der Waals surface area (Å²) in [6.45, 7) is 0. The average Bonchev–Trinajstić information content (AvgIpc) is 2.81. The van der Waals surface area contributed by atoms with Crippen molar-refractivity contribution in [3.8, 4) is 0 Å². The fraction of sp³-hybridized carbons (Fsp3) is 0.0769. The summed E-state index contributed by atoms with van der Waals surface area (Å²) in [6, 6.07) is 8.43. The van der Waals surface area contributed by atoms with Gasteiger partial charge in [-0.1, -0.05) is 18.2 Å². The molecule has 0 aliphatic carbocycles. The van der Waals surface area contributed by atoms with Crippen molar-refractivity contribution in [2.24, 2.45) is 0 Å². The van der Waals surface area contributed by atoms with Crippen LogP contribution in [0.25, 0.3) is 21.8 Å². The Bertz CT molecular complexity index is 808. The van der Waals surface area contributed by atoms with Crippen LogP contribution >= 0.6 is 0 Å². The summed E-state index contributed by atoms with van der Waals surface area (Å²) < 4.78 is 37.6. The molecular formula is C13H7F3N2O2. The van der Waals surface area contributed by atoms with Crippen molar-refractivity contribution >= 4 is 27.8 Å². The summed E-state index contributed by atoms with van der Waals surface area (Å²) in [5.41, 5.74) is 0.969. The van der Waals surface area contributed by atoms with Crippen molar-refractivity contribution < 1.29 is 22.8 Å². The van der Waals surface area contributed by atoms with Gasteiger partial charge in [0.25, 0.3) is 0 Å². The number of rotatable bonds is 1. The number of hydrogen-bond acceptors (Lipinski definition) is 3. The molecule has 0 fully saturated rings. The van der Waals surface area contributed by atoms with Crippen LogP contribution in [-0.2, 0) is 4.79 Å². The normalized spacial score (nSPS) is 11.9. The first-order valence-corrected chi connectivity index (χ1v) is 5.61. The molecule has 2 heterocycles. The first-order valence-electron chi connectivity index (χ1n) is 5.61. The number of hydrogen-bond donors (Lipinski definition) is 0. The van der Waals surface area contributed by atoms with E-state index >= 15 is 0 Å². The first-order chi connectivity index (χ1) is 9.47. The number of carbonyl (C=O) groups is 1. The molecule has 0 spiro atoms. The average molecular weight is 280 g/mol. The molecule has 0 atom stereocenters. The van der Waals surface area contributed by atoms with E-state index in [4.69, 9.17) is 0 Å². The van der Waals surface area contributed by atoms with Gasteiger partial charge in [-0.25, -0.2) is 4.79 Å². The molecule has 0 bridgehead atoms. The Morgan fingerprint density at radius 2 is 1.95 bits per heavy atom. The Labute approximate surface area is 110 Å². The van der Waals surface area contributed by atoms with Crippen LogP contribution in [0, 0.1) is 0 Å². The van der Waals surface area contributed by atoms with Gasteiger partial charge in [-0.2, -0.15) is 17.9 Å². The summed E-state index contributed by atoms with van der Waals surface area (Å²) in [7, 11) is 0. The molecule has 2 aromatic heterocycles. The fourth-order valence-electron chi connectivity index (χ4n) is 1.95. The Morgan fingerprint density at radius 3 is 2.70 bits per heavy atom. The zero-order valence-corrected chi connectivity index (χ0v) is 9.89. The van der Waals surface area contributed by atoms with Crippen LogP contribution in [0.15, 0.2) is 42.7 Å². The number of fused-ring (bicyclic) bond motifs is 3. The Morgan fingerprint density at radius 1 is 1.20 bits per heavy atom. The van der Waals surface area contributed by atoms with Crippen molar-refractivity contribution in [2.45, 2.75) is 6.18 Å². The molecule has 0 unspecified atom stereocenters. The Hall–Kier alpha value is -2.57. The van der Waals surface area contributed by atoms with Gasteiger partial charge in [0.15, 0.2) is 0 Å². The molecule has 1 aromatic carbocycles. The molecule has 0 saturated carbocycles. The molecule has 4 nitrogen and oxygen atoms in total. The summed E-state index contributed by atoms with van der Waals surface area (Å²) in [5.74, 6) is -2.27. The van der Waals surface area contributed by atoms with Crippen LogP contribution in [0.4, 0.5) is 13.2 Å². The molecule has 102 valence electrons. The summed E-state index contributed by atoms with van der Waals surface area (Å²) in [4.78, 5) is 19.5. The van der Waals surface area contributed by atoms with Crippen LogP contribution in [0.2, 0.25) is 0 Å². The second-order valence-corrected chi connectivity index (χ2v) is 4.10. The van der Waals surface area contributed by atoms with Crippen LogP contribution < -0.4 is 4.84 Å². The van der Waals surface area contributed by atoms with E-state index in [1.807, 2.05) is 0 Å². The number of benzene rings is 1. The molecule has 20 heavy (non-hydrogen) atoms. The maximum Gasteiger partial charge on any atom is 0.493 e. The van der Waals surface area contributed by atoms with Gasteiger partial charge in [0.1, 0.15) is 0 Å². The molecule has 0 aliphatic heterocycles. The van der Waals surface area contributed by atoms with Crippen LogP contribution in [0.3, 0.4) is 0 Å². The van der Waals surface area contributed by atoms with E-state index in [1.165, 1.54) is 18.5 Å². The lowest BCUT2D eigenvalue weighted by Gasteiger charge is -2.09. The first kappa shape index (κ1) is 12.5. The minimum absolute atomic E-state index is 0.369. The number of alkyl halides is 3. The van der Waals surface area contributed by atoms with Gasteiger partial charge in [-0.05, 0) is 12.1 Å². The molecule has 0 aliphatic rings. The van der Waals surface area contributed by atoms with Crippen LogP contribution in [0.5, 0.6) is 0 Å². The molecule has 7 heteroatoms. The van der Waals surface area contributed by atoms with Gasteiger partial charge in [0.2, 0.25) is 0 Å². The predicted molar refractivity (Wildman–Crippen MR) is 64.9 cm³/mol. The largest absolute Gasteiger partial charge is 0.493 e. The van der Waals surface area contributed by atoms with Gasteiger partial charge in [-0.3, -0.25) is 4.98 Å². The van der Waals surface area contributed by atoms with Gasteiger partial charge in [0, 0.05) is 23.2 Å². The van der Waals surface area contributed by atoms with Gasteiger partial charge in [0.05, 0.1) is 11.0 Å². The number of para-hydroxylation sites is 1. The van der Waals surface area contributed by atoms with E-state index in [9.17, 15) is 18.0 Å². The fourth-order valence-corrected chi connectivity index (χ4v) is 1.95. The minimum atomic E-state index is -5.04. The topological polar surface area (TPSA) is 44.1 Å². The van der Waals surface area contributed by atoms with E-state index < -0.39 is 12.1 Å². The molecule has 0 amide bonds. The Kier molecular flexibility index (Phi) is 2.63. The second-order valence-electron chi connectivity index (χ2n) is 4.10. The third-order valence-corrected chi connectivity index (χ3v) is 2.80. The molecule has 0 radical (unpaired) electrons. The zero-order valence-electron chi connectivity index (χ0n) is 9.89. The van der Waals surface area contributed by atoms with E-state index in [2.05, 4.69) is 9.82 Å². The number of aromatic nitrogens is 2. The zero-order chi connectivity index (χ0) is 14.3. The molecule has 0 N–H and O–H groups in total. The highest BCUT2D eigenvalue weighted by Gasteiger charge is 2.42. The monoisotopic (exact) mass is 280 g/mol. The highest BCUT2D eigenvalue weighted by atomic mass is 19.4. The highest BCUT2D eigenvalue weighted by Crippen LogP contribution is 2.24. The van der Waals surface area contributed by atoms with Crippen molar-refractivity contribution in [2.75, 3.05) is 0 Å². The maximum atomic E-state index is 12.3. The molecule has 0 saturated heterocycles. The van der Waals surface area contributed by atoms with Gasteiger partial charge in [-0.15, -0.1) is 0 Å². The number of nitrogens with zero attached hydrogens (tertiary/aromatic N) is 2. The standard InChI is InChI=1S/C13H7F3N2O2/c14-13(15,16)12(19)20-18-6-5-8-7-17-10-4-2-1-3-9(10)11(8)18/h1-7H. The minimum Gasteiger partial charge on any atom is -0.328 e. The van der Waals surface area contributed by atoms with E-state index in [-0.39, 0.29) is 0 Å². The van der Waals surface area contributed by atoms with Crippen LogP contribution in [0.1, 0.15) is 0 Å². The van der Waals surface area contributed by atoms with E-state index in [0.717, 1.165) is 4.73 Å². The van der Waals surface area contributed by atoms with Crippen molar-refractivity contribution in [1.82, 2.24) is 9.71 Å². The number of pyridine rings is 1. The van der Waals surface area contributed by atoms with E-state index in [0.29, 0.717) is 21.8 Å².